The Balaban J connectivity index is 1.73. The summed E-state index contributed by atoms with van der Waals surface area (Å²) in [6.07, 6.45) is 2.19. The standard InChI is InChI=1S/C27H29N3O2/c1-19-11-12-30-24(17-26(32)29(13-14-31)18-22-7-5-4-6-8-22)27(28-25(30)15-19)23-10-9-20(2)21(3)16-23/h4-12,15-16,31H,13-14,17-18H2,1-3H3. The Hall–Kier alpha value is -3.44. The SMILES string of the molecule is Cc1ccn2c(CC(=O)N(CCO)Cc3ccccc3)c(-c3ccc(C)c(C)c3)nc2c1. The average Bonchev–Trinajstić information content (AvgIpc) is 3.13. The Morgan fingerprint density at radius 2 is 1.78 bits per heavy atom. The number of amides is 1. The molecule has 164 valence electrons. The number of hydrogen-bond acceptors (Lipinski definition) is 3. The van der Waals surface area contributed by atoms with Crippen molar-refractivity contribution in [2.45, 2.75) is 33.7 Å². The van der Waals surface area contributed by atoms with Gasteiger partial charge in [-0.25, -0.2) is 4.98 Å². The van der Waals surface area contributed by atoms with Crippen LogP contribution in [0.2, 0.25) is 0 Å². The lowest BCUT2D eigenvalue weighted by Gasteiger charge is -2.22. The molecule has 1 amide bonds. The van der Waals surface area contributed by atoms with E-state index in [4.69, 9.17) is 4.98 Å². The van der Waals surface area contributed by atoms with E-state index in [0.29, 0.717) is 13.1 Å². The highest BCUT2D eigenvalue weighted by Crippen LogP contribution is 2.27. The lowest BCUT2D eigenvalue weighted by atomic mass is 10.0. The fourth-order valence-corrected chi connectivity index (χ4v) is 3.96. The number of aryl methyl sites for hydroxylation is 3. The highest BCUT2D eigenvalue weighted by molar-refractivity contribution is 5.82. The number of aromatic nitrogens is 2. The molecule has 0 atom stereocenters. The zero-order chi connectivity index (χ0) is 22.7. The summed E-state index contributed by atoms with van der Waals surface area (Å²) >= 11 is 0. The molecular weight excluding hydrogens is 398 g/mol. The minimum Gasteiger partial charge on any atom is -0.395 e. The van der Waals surface area contributed by atoms with E-state index < -0.39 is 0 Å². The number of aliphatic hydroxyl groups is 1. The number of nitrogens with zero attached hydrogens (tertiary/aromatic N) is 3. The number of hydrogen-bond donors (Lipinski definition) is 1. The number of pyridine rings is 1. The second-order valence-corrected chi connectivity index (χ2v) is 8.34. The third-order valence-electron chi connectivity index (χ3n) is 5.92. The van der Waals surface area contributed by atoms with E-state index in [9.17, 15) is 9.90 Å². The molecule has 4 aromatic rings. The fraction of sp³-hybridized carbons (Fsp3) is 0.259. The summed E-state index contributed by atoms with van der Waals surface area (Å²) in [5.74, 6) is -0.0321. The molecule has 0 aliphatic rings. The molecule has 32 heavy (non-hydrogen) atoms. The second-order valence-electron chi connectivity index (χ2n) is 8.34. The van der Waals surface area contributed by atoms with Gasteiger partial charge in [-0.3, -0.25) is 4.79 Å². The summed E-state index contributed by atoms with van der Waals surface area (Å²) in [5, 5.41) is 9.57. The summed E-state index contributed by atoms with van der Waals surface area (Å²) in [7, 11) is 0. The van der Waals surface area contributed by atoms with Gasteiger partial charge in [0.05, 0.1) is 24.4 Å². The molecule has 2 heterocycles. The quantitative estimate of drug-likeness (QED) is 0.473. The van der Waals surface area contributed by atoms with E-state index in [2.05, 4.69) is 32.0 Å². The lowest BCUT2D eigenvalue weighted by Crippen LogP contribution is -2.34. The Morgan fingerprint density at radius 3 is 2.50 bits per heavy atom. The predicted octanol–water partition coefficient (Wildman–Crippen LogP) is 4.49. The molecule has 5 nitrogen and oxygen atoms in total. The molecule has 2 aromatic heterocycles. The average molecular weight is 428 g/mol. The maximum absolute atomic E-state index is 13.4. The van der Waals surface area contributed by atoms with E-state index >= 15 is 0 Å². The van der Waals surface area contributed by atoms with Gasteiger partial charge in [0, 0.05) is 24.8 Å². The molecule has 0 aliphatic heterocycles. The van der Waals surface area contributed by atoms with E-state index in [-0.39, 0.29) is 18.9 Å². The summed E-state index contributed by atoms with van der Waals surface area (Å²) in [4.78, 5) is 20.0. The normalized spacial score (nSPS) is 11.1. The van der Waals surface area contributed by atoms with Crippen molar-refractivity contribution in [3.63, 3.8) is 0 Å². The molecular formula is C27H29N3O2. The molecule has 0 unspecified atom stereocenters. The topological polar surface area (TPSA) is 57.8 Å². The van der Waals surface area contributed by atoms with Gasteiger partial charge in [0.15, 0.2) is 0 Å². The summed E-state index contributed by atoms with van der Waals surface area (Å²) < 4.78 is 2.01. The van der Waals surface area contributed by atoms with Crippen molar-refractivity contribution in [1.82, 2.24) is 14.3 Å². The third-order valence-corrected chi connectivity index (χ3v) is 5.92. The minimum atomic E-state index is -0.0745. The van der Waals surface area contributed by atoms with Crippen molar-refractivity contribution >= 4 is 11.6 Å². The van der Waals surface area contributed by atoms with Gasteiger partial charge < -0.3 is 14.4 Å². The van der Waals surface area contributed by atoms with Crippen molar-refractivity contribution in [3.8, 4) is 11.3 Å². The number of imidazole rings is 1. The largest absolute Gasteiger partial charge is 0.395 e. The zero-order valence-corrected chi connectivity index (χ0v) is 18.9. The molecule has 0 saturated carbocycles. The Morgan fingerprint density at radius 1 is 1.00 bits per heavy atom. The van der Waals surface area contributed by atoms with Crippen LogP contribution in [0.4, 0.5) is 0 Å². The Kier molecular flexibility index (Phi) is 6.37. The van der Waals surface area contributed by atoms with Crippen LogP contribution in [0.15, 0.2) is 66.9 Å². The first-order valence-corrected chi connectivity index (χ1v) is 10.9. The van der Waals surface area contributed by atoms with E-state index in [1.54, 1.807) is 4.90 Å². The number of benzene rings is 2. The number of carbonyl (C=O) groups is 1. The summed E-state index contributed by atoms with van der Waals surface area (Å²) in [5.41, 5.74) is 8.11. The Bertz CT molecular complexity index is 1240. The summed E-state index contributed by atoms with van der Waals surface area (Å²) in [6.45, 7) is 6.91. The molecule has 0 spiro atoms. The molecule has 0 fully saturated rings. The molecule has 2 aromatic carbocycles. The monoisotopic (exact) mass is 427 g/mol. The smallest absolute Gasteiger partial charge is 0.228 e. The van der Waals surface area contributed by atoms with Crippen LogP contribution < -0.4 is 0 Å². The first kappa shape index (κ1) is 21.8. The van der Waals surface area contributed by atoms with Gasteiger partial charge in [-0.15, -0.1) is 0 Å². The maximum Gasteiger partial charge on any atom is 0.228 e. The first-order chi connectivity index (χ1) is 15.5. The van der Waals surface area contributed by atoms with E-state index in [1.165, 1.54) is 11.1 Å². The predicted molar refractivity (Wildman–Crippen MR) is 127 cm³/mol. The van der Waals surface area contributed by atoms with Crippen molar-refractivity contribution in [1.29, 1.82) is 0 Å². The number of rotatable bonds is 7. The van der Waals surface area contributed by atoms with Crippen LogP contribution in [-0.2, 0) is 17.8 Å². The molecule has 0 radical (unpaired) electrons. The minimum absolute atomic E-state index is 0.0321. The van der Waals surface area contributed by atoms with Gasteiger partial charge in [-0.05, 0) is 61.2 Å². The van der Waals surface area contributed by atoms with Crippen LogP contribution in [-0.4, -0.2) is 38.4 Å². The molecule has 0 bridgehead atoms. The van der Waals surface area contributed by atoms with Gasteiger partial charge in [-0.2, -0.15) is 0 Å². The molecule has 4 rings (SSSR count). The molecule has 5 heteroatoms. The van der Waals surface area contributed by atoms with Crippen molar-refractivity contribution < 1.29 is 9.90 Å². The van der Waals surface area contributed by atoms with Gasteiger partial charge in [0.2, 0.25) is 5.91 Å². The number of fused-ring (bicyclic) bond motifs is 1. The van der Waals surface area contributed by atoms with Crippen LogP contribution in [0.25, 0.3) is 16.9 Å². The number of aliphatic hydroxyl groups excluding tert-OH is 1. The summed E-state index contributed by atoms with van der Waals surface area (Å²) in [6, 6.07) is 20.2. The van der Waals surface area contributed by atoms with Crippen LogP contribution in [0.1, 0.15) is 27.9 Å². The molecule has 0 aliphatic carbocycles. The van der Waals surface area contributed by atoms with Gasteiger partial charge in [-0.1, -0.05) is 42.5 Å². The fourth-order valence-electron chi connectivity index (χ4n) is 3.96. The van der Waals surface area contributed by atoms with Crippen molar-refractivity contribution in [2.24, 2.45) is 0 Å². The lowest BCUT2D eigenvalue weighted by molar-refractivity contribution is -0.131. The highest BCUT2D eigenvalue weighted by Gasteiger charge is 2.21. The van der Waals surface area contributed by atoms with Crippen LogP contribution >= 0.6 is 0 Å². The van der Waals surface area contributed by atoms with E-state index in [1.807, 2.05) is 60.0 Å². The third kappa shape index (κ3) is 4.58. The number of carbonyl (C=O) groups excluding carboxylic acids is 1. The van der Waals surface area contributed by atoms with Gasteiger partial charge in [0.25, 0.3) is 0 Å². The second kappa shape index (κ2) is 9.37. The van der Waals surface area contributed by atoms with Gasteiger partial charge in [0.1, 0.15) is 5.65 Å². The van der Waals surface area contributed by atoms with Gasteiger partial charge >= 0.3 is 0 Å². The maximum atomic E-state index is 13.4. The zero-order valence-electron chi connectivity index (χ0n) is 18.9. The van der Waals surface area contributed by atoms with Crippen LogP contribution in [0, 0.1) is 20.8 Å². The Labute approximate surface area is 189 Å². The van der Waals surface area contributed by atoms with Crippen molar-refractivity contribution in [3.05, 3.63) is 94.8 Å². The first-order valence-electron chi connectivity index (χ1n) is 10.9. The highest BCUT2D eigenvalue weighted by atomic mass is 16.3. The molecule has 1 N–H and O–H groups in total. The van der Waals surface area contributed by atoms with E-state index in [0.717, 1.165) is 33.7 Å². The van der Waals surface area contributed by atoms with Crippen LogP contribution in [0.5, 0.6) is 0 Å². The van der Waals surface area contributed by atoms with Crippen molar-refractivity contribution in [2.75, 3.05) is 13.2 Å². The molecule has 0 saturated heterocycles. The van der Waals surface area contributed by atoms with Crippen LogP contribution in [0.3, 0.4) is 0 Å².